The van der Waals surface area contributed by atoms with Crippen molar-refractivity contribution in [1.29, 1.82) is 0 Å². The molecule has 0 fully saturated rings. The molecule has 1 nitrogen and oxygen atoms in total. The summed E-state index contributed by atoms with van der Waals surface area (Å²) in [7, 11) is 0. The first kappa shape index (κ1) is 14.2. The fourth-order valence-corrected chi connectivity index (χ4v) is 2.53. The van der Waals surface area contributed by atoms with Crippen molar-refractivity contribution < 1.29 is 0 Å². The molecule has 3 rings (SSSR count). The van der Waals surface area contributed by atoms with Crippen LogP contribution < -0.4 is 5.32 Å². The lowest BCUT2D eigenvalue weighted by atomic mass is 10.0. The fourth-order valence-electron chi connectivity index (χ4n) is 2.53. The van der Waals surface area contributed by atoms with E-state index in [0.717, 1.165) is 16.9 Å². The van der Waals surface area contributed by atoms with Crippen molar-refractivity contribution in [2.24, 2.45) is 0 Å². The van der Waals surface area contributed by atoms with Gasteiger partial charge < -0.3 is 5.32 Å². The summed E-state index contributed by atoms with van der Waals surface area (Å²) in [5.41, 5.74) is 7.08. The Bertz CT molecular complexity index is 785. The highest BCUT2D eigenvalue weighted by atomic mass is 14.9. The molecule has 22 heavy (non-hydrogen) atoms. The summed E-state index contributed by atoms with van der Waals surface area (Å²) in [6.45, 7) is 5.92. The van der Waals surface area contributed by atoms with Gasteiger partial charge in [-0.2, -0.15) is 0 Å². The molecule has 0 bridgehead atoms. The number of rotatable bonds is 4. The predicted molar refractivity (Wildman–Crippen MR) is 96.4 cm³/mol. The predicted octanol–water partition coefficient (Wildman–Crippen LogP) is 6.05. The van der Waals surface area contributed by atoms with Crippen molar-refractivity contribution in [3.05, 3.63) is 90.5 Å². The second-order valence-electron chi connectivity index (χ2n) is 5.35. The van der Waals surface area contributed by atoms with E-state index in [0.29, 0.717) is 0 Å². The highest BCUT2D eigenvalue weighted by molar-refractivity contribution is 5.73. The van der Waals surface area contributed by atoms with Crippen LogP contribution in [0.5, 0.6) is 0 Å². The highest BCUT2D eigenvalue weighted by Crippen LogP contribution is 2.27. The van der Waals surface area contributed by atoms with Crippen molar-refractivity contribution >= 4 is 17.5 Å². The molecule has 3 aromatic carbocycles. The van der Waals surface area contributed by atoms with Gasteiger partial charge in [-0.05, 0) is 53.4 Å². The molecule has 0 unspecified atom stereocenters. The van der Waals surface area contributed by atoms with E-state index >= 15 is 0 Å². The Morgan fingerprint density at radius 2 is 1.59 bits per heavy atom. The van der Waals surface area contributed by atoms with E-state index in [-0.39, 0.29) is 0 Å². The van der Waals surface area contributed by atoms with Crippen LogP contribution in [-0.4, -0.2) is 0 Å². The molecule has 0 aliphatic heterocycles. The number of hydrogen-bond acceptors (Lipinski definition) is 1. The van der Waals surface area contributed by atoms with Crippen LogP contribution in [0.15, 0.2) is 79.4 Å². The zero-order valence-corrected chi connectivity index (χ0v) is 12.7. The summed E-state index contributed by atoms with van der Waals surface area (Å²) in [6.07, 6.45) is 1.85. The third-order valence-electron chi connectivity index (χ3n) is 3.75. The van der Waals surface area contributed by atoms with Crippen molar-refractivity contribution in [2.75, 3.05) is 5.32 Å². The molecule has 0 aromatic heterocycles. The molecule has 108 valence electrons. The average molecular weight is 285 g/mol. The molecule has 0 radical (unpaired) electrons. The maximum absolute atomic E-state index is 3.78. The zero-order chi connectivity index (χ0) is 15.4. The largest absolute Gasteiger partial charge is 0.356 e. The SMILES string of the molecule is C=Cc1ccc(Nc2cccc(-c3ccccc3C)c2)cc1. The Morgan fingerprint density at radius 3 is 2.32 bits per heavy atom. The molecule has 0 aliphatic carbocycles. The van der Waals surface area contributed by atoms with Crippen LogP contribution in [0, 0.1) is 6.92 Å². The lowest BCUT2D eigenvalue weighted by Crippen LogP contribution is -1.91. The zero-order valence-electron chi connectivity index (χ0n) is 12.7. The monoisotopic (exact) mass is 285 g/mol. The van der Waals surface area contributed by atoms with Crippen molar-refractivity contribution in [2.45, 2.75) is 6.92 Å². The maximum Gasteiger partial charge on any atom is 0.0390 e. The summed E-state index contributed by atoms with van der Waals surface area (Å²) in [4.78, 5) is 0. The number of aryl methyl sites for hydroxylation is 1. The van der Waals surface area contributed by atoms with Crippen LogP contribution >= 0.6 is 0 Å². The van der Waals surface area contributed by atoms with E-state index in [9.17, 15) is 0 Å². The minimum absolute atomic E-state index is 1.08. The lowest BCUT2D eigenvalue weighted by molar-refractivity contribution is 1.45. The average Bonchev–Trinajstić information content (AvgIpc) is 2.56. The van der Waals surface area contributed by atoms with E-state index in [1.165, 1.54) is 16.7 Å². The second kappa shape index (κ2) is 6.31. The quantitative estimate of drug-likeness (QED) is 0.615. The van der Waals surface area contributed by atoms with Crippen LogP contribution in [-0.2, 0) is 0 Å². The molecule has 0 amide bonds. The number of benzene rings is 3. The Labute approximate surface area is 132 Å². The van der Waals surface area contributed by atoms with Crippen molar-refractivity contribution in [3.63, 3.8) is 0 Å². The topological polar surface area (TPSA) is 12.0 Å². The second-order valence-corrected chi connectivity index (χ2v) is 5.35. The van der Waals surface area contributed by atoms with Gasteiger partial charge in [0.1, 0.15) is 0 Å². The van der Waals surface area contributed by atoms with Crippen LogP contribution in [0.1, 0.15) is 11.1 Å². The van der Waals surface area contributed by atoms with Gasteiger partial charge in [0.25, 0.3) is 0 Å². The van der Waals surface area contributed by atoms with Crippen molar-refractivity contribution in [1.82, 2.24) is 0 Å². The first-order valence-electron chi connectivity index (χ1n) is 7.42. The van der Waals surface area contributed by atoms with Crippen LogP contribution in [0.4, 0.5) is 11.4 Å². The summed E-state index contributed by atoms with van der Waals surface area (Å²) >= 11 is 0. The van der Waals surface area contributed by atoms with Crippen LogP contribution in [0.2, 0.25) is 0 Å². The van der Waals surface area contributed by atoms with Crippen molar-refractivity contribution in [3.8, 4) is 11.1 Å². The summed E-state index contributed by atoms with van der Waals surface area (Å²) in [5.74, 6) is 0. The summed E-state index contributed by atoms with van der Waals surface area (Å²) in [6, 6.07) is 25.2. The van der Waals surface area contributed by atoms with Gasteiger partial charge >= 0.3 is 0 Å². The molecular weight excluding hydrogens is 266 g/mol. The van der Waals surface area contributed by atoms with E-state index in [2.05, 4.69) is 91.6 Å². The van der Waals surface area contributed by atoms with Gasteiger partial charge in [0.15, 0.2) is 0 Å². The summed E-state index contributed by atoms with van der Waals surface area (Å²) < 4.78 is 0. The Kier molecular flexibility index (Phi) is 4.06. The van der Waals surface area contributed by atoms with Gasteiger partial charge in [-0.1, -0.05) is 61.2 Å². The molecule has 1 N–H and O–H groups in total. The minimum atomic E-state index is 1.08. The van der Waals surface area contributed by atoms with Gasteiger partial charge in [0.2, 0.25) is 0 Å². The number of nitrogens with one attached hydrogen (secondary N) is 1. The van der Waals surface area contributed by atoms with Gasteiger partial charge in [-0.25, -0.2) is 0 Å². The normalized spacial score (nSPS) is 10.2. The van der Waals surface area contributed by atoms with E-state index in [4.69, 9.17) is 0 Å². The molecule has 1 heteroatoms. The first-order chi connectivity index (χ1) is 10.8. The molecule has 0 saturated heterocycles. The Hall–Kier alpha value is -2.80. The van der Waals surface area contributed by atoms with Gasteiger partial charge in [0, 0.05) is 11.4 Å². The molecule has 0 atom stereocenters. The molecule has 0 aliphatic rings. The Balaban J connectivity index is 1.87. The maximum atomic E-state index is 3.78. The van der Waals surface area contributed by atoms with E-state index in [1.54, 1.807) is 0 Å². The van der Waals surface area contributed by atoms with E-state index in [1.807, 2.05) is 6.08 Å². The Morgan fingerprint density at radius 1 is 0.818 bits per heavy atom. The van der Waals surface area contributed by atoms with Gasteiger partial charge in [0.05, 0.1) is 0 Å². The number of hydrogen-bond donors (Lipinski definition) is 1. The molecule has 0 saturated carbocycles. The smallest absolute Gasteiger partial charge is 0.0390 e. The standard InChI is InChI=1S/C21H19N/c1-3-17-11-13-19(14-12-17)22-20-9-6-8-18(15-20)21-10-5-4-7-16(21)2/h3-15,22H,1H2,2H3. The molecule has 0 spiro atoms. The van der Waals surface area contributed by atoms with E-state index < -0.39 is 0 Å². The lowest BCUT2D eigenvalue weighted by Gasteiger charge is -2.10. The fraction of sp³-hybridized carbons (Fsp3) is 0.0476. The third kappa shape index (κ3) is 3.09. The number of anilines is 2. The van der Waals surface area contributed by atoms with Gasteiger partial charge in [-0.15, -0.1) is 0 Å². The van der Waals surface area contributed by atoms with Crippen LogP contribution in [0.3, 0.4) is 0 Å². The molecular formula is C21H19N. The van der Waals surface area contributed by atoms with Crippen LogP contribution in [0.25, 0.3) is 17.2 Å². The van der Waals surface area contributed by atoms with Gasteiger partial charge in [-0.3, -0.25) is 0 Å². The minimum Gasteiger partial charge on any atom is -0.356 e. The molecule has 0 heterocycles. The first-order valence-corrected chi connectivity index (χ1v) is 7.42. The molecule has 3 aromatic rings. The summed E-state index contributed by atoms with van der Waals surface area (Å²) in [5, 5.41) is 3.45. The highest BCUT2D eigenvalue weighted by Gasteiger charge is 2.02. The third-order valence-corrected chi connectivity index (χ3v) is 3.75.